The van der Waals surface area contributed by atoms with Crippen LogP contribution in [0.2, 0.25) is 5.02 Å². The lowest BCUT2D eigenvalue weighted by molar-refractivity contribution is -0.131. The minimum atomic E-state index is -1.08. The molecule has 3 heterocycles. The van der Waals surface area contributed by atoms with Crippen molar-refractivity contribution in [1.29, 1.82) is 5.26 Å². The van der Waals surface area contributed by atoms with E-state index in [2.05, 4.69) is 29.6 Å². The van der Waals surface area contributed by atoms with Gasteiger partial charge in [0.15, 0.2) is 11.6 Å². The van der Waals surface area contributed by atoms with Crippen LogP contribution < -0.4 is 9.64 Å². The summed E-state index contributed by atoms with van der Waals surface area (Å²) in [7, 11) is 2.09. The van der Waals surface area contributed by atoms with Crippen molar-refractivity contribution in [3.63, 3.8) is 0 Å². The number of aromatic nitrogens is 2. The molecule has 0 bridgehead atoms. The molecule has 4 aromatic rings. The van der Waals surface area contributed by atoms with Crippen molar-refractivity contribution in [2.75, 3.05) is 51.3 Å². The first-order chi connectivity index (χ1) is 21.7. The summed E-state index contributed by atoms with van der Waals surface area (Å²) in [5.41, 5.74) is 1.12. The van der Waals surface area contributed by atoms with Gasteiger partial charge in [0, 0.05) is 59.5 Å². The van der Waals surface area contributed by atoms with Gasteiger partial charge < -0.3 is 19.4 Å². The summed E-state index contributed by atoms with van der Waals surface area (Å²) >= 11 is 6.60. The van der Waals surface area contributed by atoms with Crippen molar-refractivity contribution >= 4 is 45.0 Å². The summed E-state index contributed by atoms with van der Waals surface area (Å²) in [6.45, 7) is 6.12. The van der Waals surface area contributed by atoms with E-state index in [1.54, 1.807) is 18.2 Å². The Kier molecular flexibility index (Phi) is 7.34. The highest BCUT2D eigenvalue weighted by atomic mass is 35.5. The number of nitriles is 1. The molecule has 2 unspecified atom stereocenters. The van der Waals surface area contributed by atoms with Crippen LogP contribution in [0.25, 0.3) is 32.8 Å². The lowest BCUT2D eigenvalue weighted by Crippen LogP contribution is -2.55. The third-order valence-corrected chi connectivity index (χ3v) is 9.79. The van der Waals surface area contributed by atoms with Gasteiger partial charge >= 0.3 is 6.01 Å². The number of piperazine rings is 1. The Morgan fingerprint density at radius 3 is 2.69 bits per heavy atom. The Morgan fingerprint density at radius 1 is 1.16 bits per heavy atom. The number of fused-ring (bicyclic) bond motifs is 3. The molecule has 2 saturated heterocycles. The Labute approximate surface area is 264 Å². The molecule has 1 amide bonds. The molecular formula is C34H31ClF2N6O2. The number of likely N-dealkylation sites (tertiary alicyclic amines) is 1. The fourth-order valence-corrected chi connectivity index (χ4v) is 7.49. The molecule has 45 heavy (non-hydrogen) atoms. The molecule has 1 saturated carbocycles. The lowest BCUT2D eigenvalue weighted by atomic mass is 9.96. The van der Waals surface area contributed by atoms with Crippen molar-refractivity contribution < 1.29 is 18.3 Å². The van der Waals surface area contributed by atoms with Crippen LogP contribution in [0, 0.1) is 28.5 Å². The highest BCUT2D eigenvalue weighted by molar-refractivity contribution is 6.36. The van der Waals surface area contributed by atoms with Gasteiger partial charge in [-0.25, -0.2) is 8.78 Å². The smallest absolute Gasteiger partial charge is 0.319 e. The van der Waals surface area contributed by atoms with Crippen LogP contribution in [-0.2, 0) is 4.79 Å². The molecular weight excluding hydrogens is 598 g/mol. The molecule has 1 aliphatic carbocycles. The number of carbonyl (C=O) groups excluding carboxylic acids is 1. The van der Waals surface area contributed by atoms with Crippen LogP contribution in [0.4, 0.5) is 14.6 Å². The zero-order valence-electron chi connectivity index (χ0n) is 24.8. The maximum Gasteiger partial charge on any atom is 0.319 e. The minimum absolute atomic E-state index is 0.0142. The van der Waals surface area contributed by atoms with Crippen LogP contribution in [0.1, 0.15) is 12.8 Å². The van der Waals surface area contributed by atoms with Crippen molar-refractivity contribution in [2.24, 2.45) is 11.3 Å². The van der Waals surface area contributed by atoms with Gasteiger partial charge in [-0.15, -0.1) is 0 Å². The molecule has 0 radical (unpaired) electrons. The number of halogens is 3. The maximum absolute atomic E-state index is 16.7. The normalized spacial score (nSPS) is 22.8. The highest BCUT2D eigenvalue weighted by Crippen LogP contribution is 2.57. The van der Waals surface area contributed by atoms with E-state index in [9.17, 15) is 14.4 Å². The molecule has 3 aromatic carbocycles. The molecule has 0 N–H and O–H groups in total. The predicted molar refractivity (Wildman–Crippen MR) is 169 cm³/mol. The molecule has 11 heteroatoms. The molecule has 3 fully saturated rings. The largest absolute Gasteiger partial charge is 0.463 e. The maximum atomic E-state index is 16.7. The van der Waals surface area contributed by atoms with Crippen molar-refractivity contribution in [1.82, 2.24) is 19.8 Å². The third kappa shape index (κ3) is 5.14. The molecule has 1 aromatic heterocycles. The number of benzene rings is 3. The zero-order chi connectivity index (χ0) is 31.5. The minimum Gasteiger partial charge on any atom is -0.463 e. The summed E-state index contributed by atoms with van der Waals surface area (Å²) < 4.78 is 36.8. The first-order valence-electron chi connectivity index (χ1n) is 15.0. The monoisotopic (exact) mass is 628 g/mol. The molecule has 8 nitrogen and oxygen atoms in total. The van der Waals surface area contributed by atoms with E-state index in [1.807, 2.05) is 35.2 Å². The van der Waals surface area contributed by atoms with Crippen LogP contribution >= 0.6 is 11.6 Å². The van der Waals surface area contributed by atoms with Crippen molar-refractivity contribution in [3.05, 3.63) is 71.8 Å². The molecule has 7 rings (SSSR count). The van der Waals surface area contributed by atoms with E-state index in [1.165, 1.54) is 4.90 Å². The van der Waals surface area contributed by atoms with Gasteiger partial charge in [-0.2, -0.15) is 15.2 Å². The Bertz CT molecular complexity index is 1910. The molecule has 3 aliphatic rings. The molecule has 2 aliphatic heterocycles. The zero-order valence-corrected chi connectivity index (χ0v) is 25.5. The van der Waals surface area contributed by atoms with Crippen LogP contribution in [-0.4, -0.2) is 78.1 Å². The van der Waals surface area contributed by atoms with E-state index in [0.29, 0.717) is 39.9 Å². The van der Waals surface area contributed by atoms with Gasteiger partial charge in [0.1, 0.15) is 11.3 Å². The quantitative estimate of drug-likeness (QED) is 0.233. The number of amides is 1. The predicted octanol–water partition coefficient (Wildman–Crippen LogP) is 5.99. The Hall–Kier alpha value is -4.33. The fraction of sp³-hybridized carbons (Fsp3) is 0.353. The van der Waals surface area contributed by atoms with Crippen LogP contribution in [0.15, 0.2) is 60.9 Å². The average Bonchev–Trinajstić information content (AvgIpc) is 3.59. The van der Waals surface area contributed by atoms with E-state index in [4.69, 9.17) is 21.3 Å². The van der Waals surface area contributed by atoms with Crippen molar-refractivity contribution in [2.45, 2.75) is 18.9 Å². The van der Waals surface area contributed by atoms with E-state index in [-0.39, 0.29) is 43.0 Å². The van der Waals surface area contributed by atoms with Crippen LogP contribution in [0.5, 0.6) is 6.01 Å². The number of piperidine rings is 1. The Morgan fingerprint density at radius 2 is 1.96 bits per heavy atom. The number of ether oxygens (including phenoxy) is 1. The number of anilines is 1. The highest BCUT2D eigenvalue weighted by Gasteiger charge is 2.59. The van der Waals surface area contributed by atoms with Gasteiger partial charge in [-0.05, 0) is 42.5 Å². The molecule has 230 valence electrons. The van der Waals surface area contributed by atoms with Crippen molar-refractivity contribution in [3.8, 4) is 23.2 Å². The van der Waals surface area contributed by atoms with Gasteiger partial charge in [-0.3, -0.25) is 4.79 Å². The topological polar surface area (TPSA) is 85.6 Å². The summed E-state index contributed by atoms with van der Waals surface area (Å²) in [4.78, 5) is 27.4. The van der Waals surface area contributed by atoms with E-state index < -0.39 is 23.6 Å². The second-order valence-corrected chi connectivity index (χ2v) is 12.8. The second-order valence-electron chi connectivity index (χ2n) is 12.4. The van der Waals surface area contributed by atoms with Gasteiger partial charge in [0.25, 0.3) is 5.91 Å². The average molecular weight is 629 g/mol. The first-order valence-corrected chi connectivity index (χ1v) is 15.3. The summed E-state index contributed by atoms with van der Waals surface area (Å²) in [5.74, 6) is -1.46. The number of rotatable bonds is 7. The van der Waals surface area contributed by atoms with E-state index in [0.717, 1.165) is 30.3 Å². The first kappa shape index (κ1) is 29.4. The van der Waals surface area contributed by atoms with Gasteiger partial charge in [0.2, 0.25) is 0 Å². The number of hydrogen-bond acceptors (Lipinski definition) is 7. The van der Waals surface area contributed by atoms with E-state index >= 15 is 4.39 Å². The summed E-state index contributed by atoms with van der Waals surface area (Å²) in [6, 6.07) is 16.2. The molecule has 3 atom stereocenters. The van der Waals surface area contributed by atoms with Gasteiger partial charge in [0.05, 0.1) is 25.1 Å². The third-order valence-electron chi connectivity index (χ3n) is 9.48. The van der Waals surface area contributed by atoms with Gasteiger partial charge in [-0.1, -0.05) is 54.6 Å². The Balaban J connectivity index is 1.32. The second kappa shape index (κ2) is 11.2. The summed E-state index contributed by atoms with van der Waals surface area (Å²) in [6.07, 6.45) is 1.06. The standard InChI is InChI=1S/C34H31ClF2N6O2/c1-20(36)32(44)43-14-13-42(17-23(43)11-12-38)31-26-10-9-25(24-7-3-5-21-6-4-8-27(35)28(21)24)29(37)30(26)39-33(40-31)45-19-34-15-22(34)16-41(2)18-34/h3-10,22-23H,1,11,13-19H2,2H3/t22?,23-,34?/m0/s1. The van der Waals surface area contributed by atoms with Crippen LogP contribution in [0.3, 0.4) is 0 Å². The summed E-state index contributed by atoms with van der Waals surface area (Å²) in [5, 5.41) is 12.1. The number of carbonyl (C=O) groups is 1. The SMILES string of the molecule is C=C(F)C(=O)N1CCN(c2nc(OCC34CC3CN(C)C4)nc3c(F)c(-c4cccc5cccc(Cl)c45)ccc23)C[C@@H]1CC#N. The fourth-order valence-electron chi connectivity index (χ4n) is 7.20. The molecule has 0 spiro atoms. The number of hydrogen-bond donors (Lipinski definition) is 0. The number of nitrogens with zero attached hydrogens (tertiary/aromatic N) is 6. The lowest BCUT2D eigenvalue weighted by Gasteiger charge is -2.41.